The number of alkyl halides is 3. The molecule has 3 nitrogen and oxygen atoms in total. The van der Waals surface area contributed by atoms with E-state index in [-0.39, 0.29) is 35.3 Å². The zero-order valence-electron chi connectivity index (χ0n) is 10.6. The van der Waals surface area contributed by atoms with Crippen LogP contribution in [0.15, 0.2) is 58.8 Å². The summed E-state index contributed by atoms with van der Waals surface area (Å²) in [6.45, 7) is 0. The Labute approximate surface area is 135 Å². The molecule has 0 unspecified atom stereocenters. The smallest absolute Gasteiger partial charge is 0.872 e. The van der Waals surface area contributed by atoms with E-state index in [0.717, 1.165) is 12.1 Å². The Hall–Kier alpha value is -1.37. The van der Waals surface area contributed by atoms with Crippen LogP contribution in [0.2, 0.25) is 0 Å². The number of rotatable bonds is 2. The Morgan fingerprint density at radius 1 is 0.750 bits per heavy atom. The van der Waals surface area contributed by atoms with Crippen molar-refractivity contribution in [1.82, 2.24) is 0 Å². The van der Waals surface area contributed by atoms with Crippen LogP contribution in [-0.2, 0) is 6.18 Å². The molecular weight excluding hydrogens is 280 g/mol. The van der Waals surface area contributed by atoms with Crippen molar-refractivity contribution < 1.29 is 47.8 Å². The summed E-state index contributed by atoms with van der Waals surface area (Å²) < 4.78 is 37.0. The van der Waals surface area contributed by atoms with Gasteiger partial charge in [0.1, 0.15) is 0 Å². The molecule has 0 bridgehead atoms. The number of nitrogens with zero attached hydrogens (tertiary/aromatic N) is 2. The Balaban J connectivity index is 0.00000200. The maximum Gasteiger partial charge on any atom is 1.00 e. The van der Waals surface area contributed by atoms with Crippen LogP contribution < -0.4 is 34.7 Å². The fraction of sp³-hybridized carbons (Fsp3) is 0.0769. The molecule has 98 valence electrons. The zero-order valence-corrected chi connectivity index (χ0v) is 12.6. The number of hydrogen-bond donors (Lipinski definition) is 0. The van der Waals surface area contributed by atoms with Gasteiger partial charge in [-0.25, -0.2) is 0 Å². The van der Waals surface area contributed by atoms with E-state index in [1.54, 1.807) is 0 Å². The predicted molar refractivity (Wildman–Crippen MR) is 61.5 cm³/mol. The van der Waals surface area contributed by atoms with Crippen molar-refractivity contribution in [2.45, 2.75) is 6.18 Å². The third-order valence-corrected chi connectivity index (χ3v) is 2.31. The Bertz CT molecular complexity index is 580. The summed E-state index contributed by atoms with van der Waals surface area (Å²) in [4.78, 5) is 0. The van der Waals surface area contributed by atoms with Crippen molar-refractivity contribution in [3.63, 3.8) is 0 Å². The molecule has 7 heteroatoms. The topological polar surface area (TPSA) is 47.8 Å². The van der Waals surface area contributed by atoms with E-state index >= 15 is 0 Å². The summed E-state index contributed by atoms with van der Waals surface area (Å²) in [5, 5.41) is 18.4. The quantitative estimate of drug-likeness (QED) is 0.605. The molecule has 0 saturated heterocycles. The first-order valence-corrected chi connectivity index (χ1v) is 5.31. The molecule has 0 heterocycles. The van der Waals surface area contributed by atoms with E-state index in [1.165, 1.54) is 36.4 Å². The molecule has 0 atom stereocenters. The molecule has 0 aliphatic rings. The summed E-state index contributed by atoms with van der Waals surface area (Å²) in [6, 6.07) is 9.97. The average Bonchev–Trinajstić information content (AvgIpc) is 2.37. The number of azo groups is 1. The predicted octanol–water partition coefficient (Wildman–Crippen LogP) is 1.20. The first-order valence-electron chi connectivity index (χ1n) is 5.31. The Kier molecular flexibility index (Phi) is 5.74. The normalized spacial score (nSPS) is 11.3. The van der Waals surface area contributed by atoms with Gasteiger partial charge in [-0.3, -0.25) is 0 Å². The van der Waals surface area contributed by atoms with E-state index in [2.05, 4.69) is 10.2 Å². The fourth-order valence-electron chi connectivity index (χ4n) is 1.35. The third kappa shape index (κ3) is 4.63. The third-order valence-electron chi connectivity index (χ3n) is 2.31. The standard InChI is InChI=1S/C13H9F3N2O.Na/c14-13(15,16)9-1-3-10(4-2-9)17-18-11-5-7-12(19)8-6-11;/h1-8,19H;/q;+1/p-1. The molecule has 2 rings (SSSR count). The Morgan fingerprint density at radius 2 is 1.15 bits per heavy atom. The average molecular weight is 288 g/mol. The van der Waals surface area contributed by atoms with Gasteiger partial charge in [0, 0.05) is 0 Å². The van der Waals surface area contributed by atoms with Gasteiger partial charge in [-0.05, 0) is 36.4 Å². The van der Waals surface area contributed by atoms with E-state index < -0.39 is 11.7 Å². The molecule has 2 aromatic carbocycles. The van der Waals surface area contributed by atoms with Crippen molar-refractivity contribution >= 4 is 11.4 Å². The van der Waals surface area contributed by atoms with Crippen LogP contribution in [0.4, 0.5) is 24.5 Å². The van der Waals surface area contributed by atoms with Gasteiger partial charge in [0.2, 0.25) is 0 Å². The molecule has 0 aliphatic carbocycles. The van der Waals surface area contributed by atoms with Gasteiger partial charge in [-0.1, -0.05) is 12.1 Å². The molecule has 2 aromatic rings. The molecule has 0 amide bonds. The van der Waals surface area contributed by atoms with Crippen molar-refractivity contribution in [3.8, 4) is 5.75 Å². The molecular formula is C13H8F3N2NaO. The maximum absolute atomic E-state index is 12.3. The second kappa shape index (κ2) is 6.88. The van der Waals surface area contributed by atoms with Crippen LogP contribution in [0, 0.1) is 0 Å². The second-order valence-corrected chi connectivity index (χ2v) is 3.74. The van der Waals surface area contributed by atoms with E-state index in [1.807, 2.05) is 0 Å². The molecule has 0 N–H and O–H groups in total. The van der Waals surface area contributed by atoms with E-state index in [4.69, 9.17) is 0 Å². The zero-order chi connectivity index (χ0) is 13.9. The molecule has 20 heavy (non-hydrogen) atoms. The molecule has 0 aliphatic heterocycles. The van der Waals surface area contributed by atoms with Gasteiger partial charge in [-0.2, -0.15) is 23.4 Å². The van der Waals surface area contributed by atoms with Crippen molar-refractivity contribution in [3.05, 3.63) is 54.1 Å². The van der Waals surface area contributed by atoms with Gasteiger partial charge in [0.25, 0.3) is 0 Å². The van der Waals surface area contributed by atoms with Crippen LogP contribution in [0.3, 0.4) is 0 Å². The molecule has 0 spiro atoms. The number of hydrogen-bond acceptors (Lipinski definition) is 3. The largest absolute Gasteiger partial charge is 1.00 e. The summed E-state index contributed by atoms with van der Waals surface area (Å²) in [6.07, 6.45) is -4.36. The monoisotopic (exact) mass is 288 g/mol. The van der Waals surface area contributed by atoms with Crippen LogP contribution >= 0.6 is 0 Å². The van der Waals surface area contributed by atoms with Gasteiger partial charge >= 0.3 is 35.7 Å². The maximum atomic E-state index is 12.3. The van der Waals surface area contributed by atoms with Crippen molar-refractivity contribution in [1.29, 1.82) is 0 Å². The van der Waals surface area contributed by atoms with Crippen LogP contribution in [0.5, 0.6) is 5.75 Å². The minimum atomic E-state index is -4.36. The van der Waals surface area contributed by atoms with Gasteiger partial charge < -0.3 is 5.11 Å². The molecule has 0 fully saturated rings. The van der Waals surface area contributed by atoms with Gasteiger partial charge in [0.15, 0.2) is 0 Å². The van der Waals surface area contributed by atoms with Gasteiger partial charge in [-0.15, -0.1) is 5.75 Å². The first-order chi connectivity index (χ1) is 8.95. The summed E-state index contributed by atoms with van der Waals surface area (Å²) in [5.41, 5.74) is 0.0286. The van der Waals surface area contributed by atoms with E-state index in [0.29, 0.717) is 11.4 Å². The second-order valence-electron chi connectivity index (χ2n) is 3.74. The minimum absolute atomic E-state index is 0. The van der Waals surface area contributed by atoms with Crippen molar-refractivity contribution in [2.75, 3.05) is 0 Å². The fourth-order valence-corrected chi connectivity index (χ4v) is 1.35. The first kappa shape index (κ1) is 16.7. The van der Waals surface area contributed by atoms with Gasteiger partial charge in [0.05, 0.1) is 16.9 Å². The SMILES string of the molecule is [Na+].[O-]c1ccc(N=Nc2ccc(C(F)(F)F)cc2)cc1. The minimum Gasteiger partial charge on any atom is -0.872 e. The summed E-state index contributed by atoms with van der Waals surface area (Å²) >= 11 is 0. The van der Waals surface area contributed by atoms with Crippen LogP contribution in [0.25, 0.3) is 0 Å². The van der Waals surface area contributed by atoms with Crippen LogP contribution in [0.1, 0.15) is 5.56 Å². The number of halogens is 3. The molecule has 0 radical (unpaired) electrons. The number of benzene rings is 2. The van der Waals surface area contributed by atoms with E-state index in [9.17, 15) is 18.3 Å². The Morgan fingerprint density at radius 3 is 1.55 bits per heavy atom. The summed E-state index contributed by atoms with van der Waals surface area (Å²) in [7, 11) is 0. The summed E-state index contributed by atoms with van der Waals surface area (Å²) in [5.74, 6) is -0.145. The molecule has 0 aromatic heterocycles. The van der Waals surface area contributed by atoms with Crippen LogP contribution in [-0.4, -0.2) is 0 Å². The molecule has 0 saturated carbocycles. The van der Waals surface area contributed by atoms with Crippen molar-refractivity contribution in [2.24, 2.45) is 10.2 Å².